The Labute approximate surface area is 199 Å². The molecule has 10 heteroatoms. The first-order valence-electron chi connectivity index (χ1n) is 11.9. The number of fused-ring (bicyclic) bond motifs is 1. The van der Waals surface area contributed by atoms with Gasteiger partial charge in [0.2, 0.25) is 11.9 Å². The lowest BCUT2D eigenvalue weighted by atomic mass is 9.85. The Hall–Kier alpha value is -3.40. The molecule has 1 saturated heterocycles. The van der Waals surface area contributed by atoms with Gasteiger partial charge in [-0.05, 0) is 44.9 Å². The Balaban J connectivity index is 1.27. The molecule has 0 radical (unpaired) electrons. The van der Waals surface area contributed by atoms with Crippen molar-refractivity contribution in [3.8, 4) is 5.75 Å². The molecular weight excluding hydrogens is 432 g/mol. The highest BCUT2D eigenvalue weighted by molar-refractivity contribution is 5.92. The van der Waals surface area contributed by atoms with Gasteiger partial charge in [-0.2, -0.15) is 9.97 Å². The van der Waals surface area contributed by atoms with E-state index in [1.807, 2.05) is 30.6 Å². The van der Waals surface area contributed by atoms with Crippen molar-refractivity contribution in [2.45, 2.75) is 31.7 Å². The average molecular weight is 465 g/mol. The zero-order valence-corrected chi connectivity index (χ0v) is 19.8. The molecule has 1 aromatic carbocycles. The molecule has 3 heterocycles. The maximum Gasteiger partial charge on any atom is 0.229 e. The summed E-state index contributed by atoms with van der Waals surface area (Å²) in [5.41, 5.74) is 8.46. The number of hydrogen-bond acceptors (Lipinski definition) is 8. The van der Waals surface area contributed by atoms with Crippen LogP contribution in [0.25, 0.3) is 11.2 Å². The van der Waals surface area contributed by atoms with Gasteiger partial charge in [0.1, 0.15) is 11.3 Å². The summed E-state index contributed by atoms with van der Waals surface area (Å²) in [5.74, 6) is 1.87. The van der Waals surface area contributed by atoms with Crippen LogP contribution in [0.4, 0.5) is 17.5 Å². The topological polar surface area (TPSA) is 114 Å². The number of nitrogens with one attached hydrogen (secondary N) is 1. The van der Waals surface area contributed by atoms with Crippen LogP contribution in [0.1, 0.15) is 31.7 Å². The predicted molar refractivity (Wildman–Crippen MR) is 132 cm³/mol. The van der Waals surface area contributed by atoms with E-state index >= 15 is 0 Å². The Morgan fingerprint density at radius 3 is 2.62 bits per heavy atom. The minimum absolute atomic E-state index is 0.0159. The standard InChI is InChI=1S/C24H32N8O2/c1-30-10-12-31(13-11-30)24-28-21(25)20-22(29-24)32(15-26-20)18-8-6-16(7-9-18)23(33)27-17-4-3-5-19(14-17)34-2/h3-5,14-16,18H,6-13H2,1-2H3,(H,27,33)(H2,25,28,29)/t16-,18+. The molecule has 5 rings (SSSR count). The number of likely N-dealkylation sites (N-methyl/N-ethyl adjacent to an activating group) is 1. The van der Waals surface area contributed by atoms with Gasteiger partial charge in [0.15, 0.2) is 11.5 Å². The largest absolute Gasteiger partial charge is 0.497 e. The van der Waals surface area contributed by atoms with Crippen molar-refractivity contribution in [3.05, 3.63) is 30.6 Å². The highest BCUT2D eigenvalue weighted by Gasteiger charge is 2.29. The molecule has 0 spiro atoms. The molecule has 1 saturated carbocycles. The maximum absolute atomic E-state index is 12.8. The molecule has 3 N–H and O–H groups in total. The van der Waals surface area contributed by atoms with E-state index in [0.29, 0.717) is 17.3 Å². The minimum atomic E-state index is -0.0159. The second-order valence-electron chi connectivity index (χ2n) is 9.25. The monoisotopic (exact) mass is 464 g/mol. The van der Waals surface area contributed by atoms with E-state index in [9.17, 15) is 4.79 Å². The summed E-state index contributed by atoms with van der Waals surface area (Å²) in [5, 5.41) is 3.04. The average Bonchev–Trinajstić information content (AvgIpc) is 3.29. The first-order chi connectivity index (χ1) is 16.5. The maximum atomic E-state index is 12.8. The molecule has 0 bridgehead atoms. The molecule has 180 valence electrons. The van der Waals surface area contributed by atoms with Gasteiger partial charge in [0.25, 0.3) is 0 Å². The summed E-state index contributed by atoms with van der Waals surface area (Å²) < 4.78 is 7.38. The second kappa shape index (κ2) is 9.46. The summed E-state index contributed by atoms with van der Waals surface area (Å²) in [6.07, 6.45) is 5.22. The van der Waals surface area contributed by atoms with Gasteiger partial charge in [0, 0.05) is 49.9 Å². The van der Waals surface area contributed by atoms with Crippen LogP contribution in [0.5, 0.6) is 5.75 Å². The SMILES string of the molecule is COc1cccc(NC(=O)[C@H]2CC[C@@H](n3cnc4c(N)nc(N5CCN(C)CC5)nc43)CC2)c1. The third-order valence-electron chi connectivity index (χ3n) is 7.02. The lowest BCUT2D eigenvalue weighted by Gasteiger charge is -2.32. The molecule has 1 aliphatic heterocycles. The number of rotatable bonds is 5. The number of piperazine rings is 1. The van der Waals surface area contributed by atoms with Crippen molar-refractivity contribution < 1.29 is 9.53 Å². The third kappa shape index (κ3) is 4.50. The number of methoxy groups -OCH3 is 1. The molecule has 2 aromatic heterocycles. The number of nitrogens with two attached hydrogens (primary N) is 1. The summed E-state index contributed by atoms with van der Waals surface area (Å²) in [6.45, 7) is 3.71. The second-order valence-corrected chi connectivity index (χ2v) is 9.25. The fraction of sp³-hybridized carbons (Fsp3) is 0.500. The Bertz CT molecular complexity index is 1160. The number of aromatic nitrogens is 4. The number of carbonyl (C=O) groups is 1. The van der Waals surface area contributed by atoms with E-state index < -0.39 is 0 Å². The van der Waals surface area contributed by atoms with E-state index in [1.165, 1.54) is 0 Å². The van der Waals surface area contributed by atoms with Crippen LogP contribution in [0.15, 0.2) is 30.6 Å². The van der Waals surface area contributed by atoms with E-state index in [2.05, 4.69) is 36.7 Å². The number of anilines is 3. The summed E-state index contributed by atoms with van der Waals surface area (Å²) >= 11 is 0. The van der Waals surface area contributed by atoms with Crippen LogP contribution in [0.3, 0.4) is 0 Å². The van der Waals surface area contributed by atoms with Crippen molar-refractivity contribution in [2.24, 2.45) is 5.92 Å². The van der Waals surface area contributed by atoms with Gasteiger partial charge in [-0.1, -0.05) is 6.07 Å². The number of nitrogens with zero attached hydrogens (tertiary/aromatic N) is 6. The molecule has 34 heavy (non-hydrogen) atoms. The van der Waals surface area contributed by atoms with Crippen molar-refractivity contribution in [1.29, 1.82) is 0 Å². The minimum Gasteiger partial charge on any atom is -0.497 e. The number of imidazole rings is 1. The van der Waals surface area contributed by atoms with Crippen LogP contribution in [-0.4, -0.2) is 70.7 Å². The molecule has 0 unspecified atom stereocenters. The van der Waals surface area contributed by atoms with Gasteiger partial charge in [-0.25, -0.2) is 4.98 Å². The van der Waals surface area contributed by atoms with E-state index in [0.717, 1.165) is 68.9 Å². The molecule has 3 aromatic rings. The van der Waals surface area contributed by atoms with E-state index in [4.69, 9.17) is 15.5 Å². The summed E-state index contributed by atoms with van der Waals surface area (Å²) in [4.78, 5) is 31.2. The van der Waals surface area contributed by atoms with Crippen LogP contribution in [0.2, 0.25) is 0 Å². The van der Waals surface area contributed by atoms with E-state index in [1.54, 1.807) is 7.11 Å². The number of amides is 1. The fourth-order valence-electron chi connectivity index (χ4n) is 4.90. The van der Waals surface area contributed by atoms with Crippen molar-refractivity contribution in [2.75, 3.05) is 56.3 Å². The Kier molecular flexibility index (Phi) is 6.23. The molecular formula is C24H32N8O2. The predicted octanol–water partition coefficient (Wildman–Crippen LogP) is 2.54. The Morgan fingerprint density at radius 2 is 1.88 bits per heavy atom. The lowest BCUT2D eigenvalue weighted by molar-refractivity contribution is -0.120. The quantitative estimate of drug-likeness (QED) is 0.592. The van der Waals surface area contributed by atoms with Crippen LogP contribution in [0, 0.1) is 5.92 Å². The van der Waals surface area contributed by atoms with Gasteiger partial charge in [-0.3, -0.25) is 4.79 Å². The number of carbonyl (C=O) groups excluding carboxylic acids is 1. The van der Waals surface area contributed by atoms with Gasteiger partial charge >= 0.3 is 0 Å². The fourth-order valence-corrected chi connectivity index (χ4v) is 4.90. The molecule has 1 aliphatic carbocycles. The molecule has 1 amide bonds. The normalized spacial score (nSPS) is 21.5. The molecule has 10 nitrogen and oxygen atoms in total. The molecule has 2 fully saturated rings. The lowest BCUT2D eigenvalue weighted by Crippen LogP contribution is -2.45. The zero-order valence-electron chi connectivity index (χ0n) is 19.8. The van der Waals surface area contributed by atoms with Gasteiger partial charge < -0.3 is 30.2 Å². The van der Waals surface area contributed by atoms with Crippen molar-refractivity contribution >= 4 is 34.5 Å². The zero-order chi connectivity index (χ0) is 23.7. The number of benzene rings is 1. The first-order valence-corrected chi connectivity index (χ1v) is 11.9. The van der Waals surface area contributed by atoms with Gasteiger partial charge in [0.05, 0.1) is 13.4 Å². The first kappa shape index (κ1) is 22.4. The number of ether oxygens (including phenoxy) is 1. The van der Waals surface area contributed by atoms with Crippen molar-refractivity contribution in [1.82, 2.24) is 24.4 Å². The Morgan fingerprint density at radius 1 is 1.12 bits per heavy atom. The van der Waals surface area contributed by atoms with Crippen LogP contribution < -0.4 is 20.7 Å². The highest BCUT2D eigenvalue weighted by atomic mass is 16.5. The van der Waals surface area contributed by atoms with Gasteiger partial charge in [-0.15, -0.1) is 0 Å². The van der Waals surface area contributed by atoms with E-state index in [-0.39, 0.29) is 17.9 Å². The number of nitrogen functional groups attached to an aromatic ring is 1. The smallest absolute Gasteiger partial charge is 0.229 e. The molecule has 2 aliphatic rings. The molecule has 0 atom stereocenters. The highest BCUT2D eigenvalue weighted by Crippen LogP contribution is 2.35. The summed E-state index contributed by atoms with van der Waals surface area (Å²) in [7, 11) is 3.74. The van der Waals surface area contributed by atoms with Crippen molar-refractivity contribution in [3.63, 3.8) is 0 Å². The van der Waals surface area contributed by atoms with Crippen LogP contribution in [-0.2, 0) is 4.79 Å². The third-order valence-corrected chi connectivity index (χ3v) is 7.02. The number of hydrogen-bond donors (Lipinski definition) is 2. The summed E-state index contributed by atoms with van der Waals surface area (Å²) in [6, 6.07) is 7.69. The van der Waals surface area contributed by atoms with Crippen LogP contribution >= 0.6 is 0 Å².